The van der Waals surface area contributed by atoms with Crippen molar-refractivity contribution in [2.24, 2.45) is 5.92 Å². The van der Waals surface area contributed by atoms with Crippen LogP contribution in [-0.4, -0.2) is 28.8 Å². The van der Waals surface area contributed by atoms with Gasteiger partial charge in [-0.2, -0.15) is 0 Å². The molecule has 0 saturated heterocycles. The van der Waals surface area contributed by atoms with E-state index in [2.05, 4.69) is 15.6 Å². The van der Waals surface area contributed by atoms with E-state index in [4.69, 9.17) is 0 Å². The van der Waals surface area contributed by atoms with Gasteiger partial charge in [-0.05, 0) is 50.2 Å². The molecule has 5 nitrogen and oxygen atoms in total. The van der Waals surface area contributed by atoms with E-state index in [0.717, 1.165) is 43.4 Å². The number of carbonyl (C=O) groups is 1. The maximum absolute atomic E-state index is 11.8. The smallest absolute Gasteiger partial charge is 0.319 e. The lowest BCUT2D eigenvalue weighted by molar-refractivity contribution is 0.0644. The van der Waals surface area contributed by atoms with Crippen molar-refractivity contribution in [3.05, 3.63) is 24.0 Å². The van der Waals surface area contributed by atoms with Crippen molar-refractivity contribution in [2.45, 2.75) is 51.6 Å². The maximum Gasteiger partial charge on any atom is 0.319 e. The molecule has 2 amide bonds. The lowest BCUT2D eigenvalue weighted by Crippen LogP contribution is -2.31. The Morgan fingerprint density at radius 3 is 3.00 bits per heavy atom. The molecule has 0 bridgehead atoms. The van der Waals surface area contributed by atoms with Gasteiger partial charge in [0.15, 0.2) is 0 Å². The van der Waals surface area contributed by atoms with E-state index >= 15 is 0 Å². The number of aliphatic hydroxyl groups excluding tert-OH is 1. The Morgan fingerprint density at radius 1 is 1.43 bits per heavy atom. The molecular formula is C16H25N3O2. The first kappa shape index (κ1) is 15.8. The van der Waals surface area contributed by atoms with Gasteiger partial charge in [-0.3, -0.25) is 4.98 Å². The van der Waals surface area contributed by atoms with Crippen LogP contribution >= 0.6 is 0 Å². The molecule has 0 aromatic carbocycles. The Labute approximate surface area is 126 Å². The average molecular weight is 291 g/mol. The van der Waals surface area contributed by atoms with Gasteiger partial charge in [0.1, 0.15) is 0 Å². The van der Waals surface area contributed by atoms with Crippen LogP contribution in [-0.2, 0) is 0 Å². The van der Waals surface area contributed by atoms with Gasteiger partial charge in [0, 0.05) is 24.6 Å². The second-order valence-corrected chi connectivity index (χ2v) is 5.83. The fourth-order valence-electron chi connectivity index (χ4n) is 2.87. The molecule has 2 atom stereocenters. The van der Waals surface area contributed by atoms with Gasteiger partial charge in [0.25, 0.3) is 0 Å². The molecule has 0 radical (unpaired) electrons. The van der Waals surface area contributed by atoms with E-state index in [9.17, 15) is 9.90 Å². The first-order valence-electron chi connectivity index (χ1n) is 7.80. The number of nitrogens with one attached hydrogen (secondary N) is 2. The van der Waals surface area contributed by atoms with Crippen LogP contribution in [0, 0.1) is 12.8 Å². The second-order valence-electron chi connectivity index (χ2n) is 5.83. The zero-order valence-electron chi connectivity index (χ0n) is 12.6. The third-order valence-electron chi connectivity index (χ3n) is 4.17. The number of aliphatic hydroxyl groups is 1. The van der Waals surface area contributed by atoms with Crippen LogP contribution < -0.4 is 10.6 Å². The predicted octanol–water partition coefficient (Wildman–Crippen LogP) is 2.84. The lowest BCUT2D eigenvalue weighted by Gasteiger charge is -2.27. The van der Waals surface area contributed by atoms with Crippen LogP contribution in [0.3, 0.4) is 0 Å². The third kappa shape index (κ3) is 5.01. The Hall–Kier alpha value is -1.62. The molecule has 1 aliphatic carbocycles. The average Bonchev–Trinajstić information content (AvgIpc) is 2.48. The van der Waals surface area contributed by atoms with E-state index in [-0.39, 0.29) is 12.1 Å². The van der Waals surface area contributed by atoms with Crippen LogP contribution in [0.15, 0.2) is 18.5 Å². The minimum absolute atomic E-state index is 0.146. The van der Waals surface area contributed by atoms with Crippen LogP contribution in [0.1, 0.15) is 44.1 Å². The van der Waals surface area contributed by atoms with Crippen molar-refractivity contribution >= 4 is 11.7 Å². The molecule has 1 fully saturated rings. The highest BCUT2D eigenvalue weighted by molar-refractivity contribution is 5.89. The molecule has 0 spiro atoms. The first-order valence-corrected chi connectivity index (χ1v) is 7.80. The summed E-state index contributed by atoms with van der Waals surface area (Å²) < 4.78 is 0. The molecule has 5 heteroatoms. The summed E-state index contributed by atoms with van der Waals surface area (Å²) in [7, 11) is 0. The molecule has 1 aromatic rings. The quantitative estimate of drug-likeness (QED) is 0.730. The van der Waals surface area contributed by atoms with Gasteiger partial charge in [0.2, 0.25) is 0 Å². The fraction of sp³-hybridized carbons (Fsp3) is 0.625. The number of pyridine rings is 1. The Balaban J connectivity index is 1.64. The minimum atomic E-state index is -0.187. The third-order valence-corrected chi connectivity index (χ3v) is 4.17. The van der Waals surface area contributed by atoms with Gasteiger partial charge in [-0.15, -0.1) is 0 Å². The Bertz CT molecular complexity index is 465. The SMILES string of the molecule is Cc1cnccc1NC(=O)NCCCC1CCCCC1O. The van der Waals surface area contributed by atoms with Crippen molar-refractivity contribution in [1.82, 2.24) is 10.3 Å². The summed E-state index contributed by atoms with van der Waals surface area (Å²) >= 11 is 0. The Morgan fingerprint density at radius 2 is 2.24 bits per heavy atom. The van der Waals surface area contributed by atoms with Gasteiger partial charge < -0.3 is 15.7 Å². The molecule has 116 valence electrons. The summed E-state index contributed by atoms with van der Waals surface area (Å²) in [5.74, 6) is 0.408. The summed E-state index contributed by atoms with van der Waals surface area (Å²) in [6.45, 7) is 2.55. The monoisotopic (exact) mass is 291 g/mol. The number of aryl methyl sites for hydroxylation is 1. The van der Waals surface area contributed by atoms with Gasteiger partial charge in [-0.25, -0.2) is 4.79 Å². The summed E-state index contributed by atoms with van der Waals surface area (Å²) in [5.41, 5.74) is 1.73. The highest BCUT2D eigenvalue weighted by atomic mass is 16.3. The topological polar surface area (TPSA) is 74.2 Å². The Kier molecular flexibility index (Phi) is 5.99. The van der Waals surface area contributed by atoms with E-state index < -0.39 is 0 Å². The largest absolute Gasteiger partial charge is 0.393 e. The standard InChI is InChI=1S/C16H25N3O2/c1-12-11-17-10-8-14(12)19-16(21)18-9-4-6-13-5-2-3-7-15(13)20/h8,10-11,13,15,20H,2-7,9H2,1H3,(H2,17,18,19,21). The van der Waals surface area contributed by atoms with Crippen molar-refractivity contribution in [1.29, 1.82) is 0 Å². The number of hydrogen-bond acceptors (Lipinski definition) is 3. The fourth-order valence-corrected chi connectivity index (χ4v) is 2.87. The summed E-state index contributed by atoms with van der Waals surface area (Å²) in [6, 6.07) is 1.60. The molecule has 1 aliphatic rings. The van der Waals surface area contributed by atoms with Crippen molar-refractivity contribution in [3.63, 3.8) is 0 Å². The molecule has 1 aromatic heterocycles. The zero-order chi connectivity index (χ0) is 15.1. The molecule has 2 rings (SSSR count). The van der Waals surface area contributed by atoms with E-state index in [1.165, 1.54) is 6.42 Å². The molecule has 1 heterocycles. The molecule has 1 saturated carbocycles. The number of nitrogens with zero attached hydrogens (tertiary/aromatic N) is 1. The highest BCUT2D eigenvalue weighted by Gasteiger charge is 2.22. The van der Waals surface area contributed by atoms with Gasteiger partial charge in [0.05, 0.1) is 6.10 Å². The first-order chi connectivity index (χ1) is 10.2. The number of hydrogen-bond donors (Lipinski definition) is 3. The van der Waals surface area contributed by atoms with E-state index in [1.807, 2.05) is 6.92 Å². The van der Waals surface area contributed by atoms with Crippen LogP contribution in [0.5, 0.6) is 0 Å². The van der Waals surface area contributed by atoms with Crippen molar-refractivity contribution in [3.8, 4) is 0 Å². The summed E-state index contributed by atoms with van der Waals surface area (Å²) in [4.78, 5) is 15.8. The number of anilines is 1. The molecule has 3 N–H and O–H groups in total. The molecular weight excluding hydrogens is 266 g/mol. The van der Waals surface area contributed by atoms with Crippen LogP contribution in [0.4, 0.5) is 10.5 Å². The zero-order valence-corrected chi connectivity index (χ0v) is 12.6. The van der Waals surface area contributed by atoms with Crippen LogP contribution in [0.2, 0.25) is 0 Å². The van der Waals surface area contributed by atoms with Crippen molar-refractivity contribution < 1.29 is 9.90 Å². The minimum Gasteiger partial charge on any atom is -0.393 e. The normalized spacial score (nSPS) is 21.8. The maximum atomic E-state index is 11.8. The lowest BCUT2D eigenvalue weighted by atomic mass is 9.83. The number of amides is 2. The molecule has 2 unspecified atom stereocenters. The molecule has 0 aliphatic heterocycles. The number of rotatable bonds is 5. The van der Waals surface area contributed by atoms with E-state index in [0.29, 0.717) is 12.5 Å². The summed E-state index contributed by atoms with van der Waals surface area (Å²) in [5, 5.41) is 15.6. The van der Waals surface area contributed by atoms with Crippen molar-refractivity contribution in [2.75, 3.05) is 11.9 Å². The number of urea groups is 1. The van der Waals surface area contributed by atoms with Gasteiger partial charge >= 0.3 is 6.03 Å². The highest BCUT2D eigenvalue weighted by Crippen LogP contribution is 2.27. The summed E-state index contributed by atoms with van der Waals surface area (Å²) in [6.07, 6.45) is 9.53. The van der Waals surface area contributed by atoms with Crippen LogP contribution in [0.25, 0.3) is 0 Å². The molecule has 21 heavy (non-hydrogen) atoms. The predicted molar refractivity (Wildman–Crippen MR) is 83.2 cm³/mol. The number of aromatic nitrogens is 1. The number of carbonyl (C=O) groups excluding carboxylic acids is 1. The van der Waals surface area contributed by atoms with Gasteiger partial charge in [-0.1, -0.05) is 12.8 Å². The second kappa shape index (κ2) is 7.98. The van der Waals surface area contributed by atoms with E-state index in [1.54, 1.807) is 18.5 Å².